The molecule has 0 aliphatic carbocycles. The van der Waals surface area contributed by atoms with Crippen LogP contribution in [0.15, 0.2) is 57.7 Å². The van der Waals surface area contributed by atoms with E-state index < -0.39 is 23.5 Å². The summed E-state index contributed by atoms with van der Waals surface area (Å²) < 4.78 is 15.5. The Morgan fingerprint density at radius 1 is 1.08 bits per heavy atom. The molecule has 1 atom stereocenters. The maximum atomic E-state index is 12.6. The fourth-order valence-electron chi connectivity index (χ4n) is 3.22. The number of rotatable bonds is 2. The fraction of sp³-hybridized carbons (Fsp3) is 0.150. The molecule has 2 aromatic carbocycles. The van der Waals surface area contributed by atoms with Crippen molar-refractivity contribution in [3.63, 3.8) is 0 Å². The topological polar surface area (TPSA) is 82.8 Å². The lowest BCUT2D eigenvalue weighted by Crippen LogP contribution is -2.26. The van der Waals surface area contributed by atoms with E-state index in [4.69, 9.17) is 9.15 Å². The standard InChI is InChI=1S/C20H14O6/c1-24-19(22)12-8-6-11(7-9-12)14-10-16(21)26-18-13-4-2-3-5-15(13)25-20(23)17(14)18/h2-9,14H,10H2,1H3. The highest BCUT2D eigenvalue weighted by atomic mass is 16.5. The maximum Gasteiger partial charge on any atom is 0.343 e. The molecule has 0 fully saturated rings. The van der Waals surface area contributed by atoms with Crippen LogP contribution in [0.1, 0.15) is 33.8 Å². The smallest absolute Gasteiger partial charge is 0.343 e. The molecule has 0 saturated carbocycles. The first kappa shape index (κ1) is 16.1. The predicted molar refractivity (Wildman–Crippen MR) is 92.4 cm³/mol. The van der Waals surface area contributed by atoms with Gasteiger partial charge in [-0.25, -0.2) is 9.59 Å². The van der Waals surface area contributed by atoms with Crippen molar-refractivity contribution < 1.29 is 23.5 Å². The average molecular weight is 350 g/mol. The highest BCUT2D eigenvalue weighted by molar-refractivity contribution is 5.91. The van der Waals surface area contributed by atoms with Crippen molar-refractivity contribution in [2.24, 2.45) is 0 Å². The molecular formula is C20H14O6. The molecule has 1 unspecified atom stereocenters. The molecule has 0 spiro atoms. The number of fused-ring (bicyclic) bond motifs is 3. The van der Waals surface area contributed by atoms with E-state index in [1.165, 1.54) is 7.11 Å². The van der Waals surface area contributed by atoms with Crippen LogP contribution in [0.3, 0.4) is 0 Å². The normalized spacial score (nSPS) is 16.0. The van der Waals surface area contributed by atoms with Gasteiger partial charge in [-0.1, -0.05) is 24.3 Å². The third-order valence-electron chi connectivity index (χ3n) is 4.47. The lowest BCUT2D eigenvalue weighted by Gasteiger charge is -2.24. The molecule has 0 saturated heterocycles. The Morgan fingerprint density at radius 2 is 1.81 bits per heavy atom. The number of hydrogen-bond donors (Lipinski definition) is 0. The number of carbonyl (C=O) groups excluding carboxylic acids is 2. The van der Waals surface area contributed by atoms with Crippen molar-refractivity contribution in [1.82, 2.24) is 0 Å². The van der Waals surface area contributed by atoms with Gasteiger partial charge in [0, 0.05) is 5.92 Å². The van der Waals surface area contributed by atoms with Crippen LogP contribution in [0.25, 0.3) is 11.0 Å². The zero-order valence-corrected chi connectivity index (χ0v) is 13.9. The zero-order valence-electron chi connectivity index (χ0n) is 13.9. The first-order valence-corrected chi connectivity index (χ1v) is 8.03. The van der Waals surface area contributed by atoms with Gasteiger partial charge in [-0.15, -0.1) is 0 Å². The van der Waals surface area contributed by atoms with Gasteiger partial charge in [0.15, 0.2) is 5.75 Å². The summed E-state index contributed by atoms with van der Waals surface area (Å²) >= 11 is 0. The monoisotopic (exact) mass is 350 g/mol. The van der Waals surface area contributed by atoms with Crippen LogP contribution in [0.5, 0.6) is 5.75 Å². The Balaban J connectivity index is 1.88. The number of para-hydroxylation sites is 1. The molecule has 130 valence electrons. The van der Waals surface area contributed by atoms with E-state index in [9.17, 15) is 14.4 Å². The third kappa shape index (κ3) is 2.56. The number of ether oxygens (including phenoxy) is 2. The quantitative estimate of drug-likeness (QED) is 0.522. The van der Waals surface area contributed by atoms with Gasteiger partial charge < -0.3 is 13.9 Å². The SMILES string of the molecule is COC(=O)c1ccc(C2CC(=O)Oc3c2c(=O)oc2ccccc32)cc1. The van der Waals surface area contributed by atoms with Crippen LogP contribution >= 0.6 is 0 Å². The molecule has 26 heavy (non-hydrogen) atoms. The molecule has 0 bridgehead atoms. The number of benzene rings is 2. The largest absolute Gasteiger partial charge is 0.465 e. The Labute approximate surface area is 148 Å². The molecular weight excluding hydrogens is 336 g/mol. The van der Waals surface area contributed by atoms with Crippen molar-refractivity contribution in [3.05, 3.63) is 75.6 Å². The Morgan fingerprint density at radius 3 is 2.54 bits per heavy atom. The van der Waals surface area contributed by atoms with E-state index in [0.29, 0.717) is 22.1 Å². The third-order valence-corrected chi connectivity index (χ3v) is 4.47. The molecule has 3 aromatic rings. The predicted octanol–water partition coefficient (Wildman–Crippen LogP) is 3.02. The molecule has 1 aromatic heterocycles. The summed E-state index contributed by atoms with van der Waals surface area (Å²) in [6, 6.07) is 13.5. The summed E-state index contributed by atoms with van der Waals surface area (Å²) in [4.78, 5) is 36.3. The van der Waals surface area contributed by atoms with Crippen molar-refractivity contribution >= 4 is 22.9 Å². The van der Waals surface area contributed by atoms with Crippen LogP contribution in [0.4, 0.5) is 0 Å². The average Bonchev–Trinajstić information content (AvgIpc) is 2.67. The second-order valence-electron chi connectivity index (χ2n) is 5.97. The summed E-state index contributed by atoms with van der Waals surface area (Å²) in [5.74, 6) is -1.13. The molecule has 6 heteroatoms. The minimum atomic E-state index is -0.534. The minimum absolute atomic E-state index is 0.0215. The summed E-state index contributed by atoms with van der Waals surface area (Å²) in [6.45, 7) is 0. The highest BCUT2D eigenvalue weighted by Crippen LogP contribution is 2.40. The van der Waals surface area contributed by atoms with Gasteiger partial charge in [-0.05, 0) is 29.8 Å². The number of methoxy groups -OCH3 is 1. The van der Waals surface area contributed by atoms with Crippen LogP contribution in [0, 0.1) is 0 Å². The van der Waals surface area contributed by atoms with Crippen LogP contribution in [-0.2, 0) is 9.53 Å². The van der Waals surface area contributed by atoms with Crippen molar-refractivity contribution in [2.75, 3.05) is 7.11 Å². The summed E-state index contributed by atoms with van der Waals surface area (Å²) in [6.07, 6.45) is 0.0215. The van der Waals surface area contributed by atoms with E-state index in [0.717, 1.165) is 5.56 Å². The summed E-state index contributed by atoms with van der Waals surface area (Å²) in [7, 11) is 1.31. The van der Waals surface area contributed by atoms with Gasteiger partial charge in [-0.3, -0.25) is 4.79 Å². The number of hydrogen-bond acceptors (Lipinski definition) is 6. The maximum absolute atomic E-state index is 12.6. The van der Waals surface area contributed by atoms with Gasteiger partial charge in [0.25, 0.3) is 0 Å². The van der Waals surface area contributed by atoms with E-state index in [2.05, 4.69) is 4.74 Å². The van der Waals surface area contributed by atoms with Crippen molar-refractivity contribution in [3.8, 4) is 5.75 Å². The van der Waals surface area contributed by atoms with E-state index in [1.807, 2.05) is 0 Å². The number of esters is 2. The number of carbonyl (C=O) groups is 2. The van der Waals surface area contributed by atoms with Gasteiger partial charge >= 0.3 is 17.6 Å². The lowest BCUT2D eigenvalue weighted by atomic mass is 9.86. The Hall–Kier alpha value is -3.41. The van der Waals surface area contributed by atoms with Crippen LogP contribution < -0.4 is 10.4 Å². The lowest BCUT2D eigenvalue weighted by molar-refractivity contribution is -0.135. The van der Waals surface area contributed by atoms with Gasteiger partial charge in [0.1, 0.15) is 5.58 Å². The second-order valence-corrected chi connectivity index (χ2v) is 5.97. The first-order chi connectivity index (χ1) is 12.6. The van der Waals surface area contributed by atoms with Crippen molar-refractivity contribution in [1.29, 1.82) is 0 Å². The molecule has 0 N–H and O–H groups in total. The zero-order chi connectivity index (χ0) is 18.3. The van der Waals surface area contributed by atoms with E-state index in [-0.39, 0.29) is 12.2 Å². The molecule has 2 heterocycles. The molecule has 6 nitrogen and oxygen atoms in total. The van der Waals surface area contributed by atoms with Crippen LogP contribution in [-0.4, -0.2) is 19.0 Å². The Bertz CT molecular complexity index is 1080. The Kier molecular flexibility index (Phi) is 3.80. The summed E-state index contributed by atoms with van der Waals surface area (Å²) in [5, 5.41) is 0.575. The van der Waals surface area contributed by atoms with Crippen molar-refractivity contribution in [2.45, 2.75) is 12.3 Å². The van der Waals surface area contributed by atoms with Gasteiger partial charge in [0.05, 0.1) is 30.0 Å². The minimum Gasteiger partial charge on any atom is -0.465 e. The van der Waals surface area contributed by atoms with Crippen LogP contribution in [0.2, 0.25) is 0 Å². The molecule has 4 rings (SSSR count). The first-order valence-electron chi connectivity index (χ1n) is 8.03. The van der Waals surface area contributed by atoms with Gasteiger partial charge in [0.2, 0.25) is 0 Å². The molecule has 0 amide bonds. The van der Waals surface area contributed by atoms with E-state index >= 15 is 0 Å². The molecule has 1 aliphatic heterocycles. The second kappa shape index (κ2) is 6.15. The molecule has 0 radical (unpaired) electrons. The van der Waals surface area contributed by atoms with E-state index in [1.54, 1.807) is 48.5 Å². The van der Waals surface area contributed by atoms with Gasteiger partial charge in [-0.2, -0.15) is 0 Å². The fourth-order valence-corrected chi connectivity index (χ4v) is 3.22. The highest BCUT2D eigenvalue weighted by Gasteiger charge is 2.33. The summed E-state index contributed by atoms with van der Waals surface area (Å²) in [5.41, 5.74) is 1.26. The molecule has 1 aliphatic rings.